The monoisotopic (exact) mass is 292 g/mol. The molecule has 0 aliphatic rings. The second-order valence-electron chi connectivity index (χ2n) is 4.07. The van der Waals surface area contributed by atoms with Gasteiger partial charge in [0, 0.05) is 6.42 Å². The maximum Gasteiger partial charge on any atom is 0.389 e. The van der Waals surface area contributed by atoms with Gasteiger partial charge in [-0.2, -0.15) is 13.2 Å². The fourth-order valence-corrected chi connectivity index (χ4v) is 1.46. The van der Waals surface area contributed by atoms with E-state index >= 15 is 0 Å². The summed E-state index contributed by atoms with van der Waals surface area (Å²) in [5.74, 6) is -2.47. The number of benzene rings is 1. The molecule has 0 bridgehead atoms. The predicted octanol–water partition coefficient (Wildman–Crippen LogP) is 1.81. The summed E-state index contributed by atoms with van der Waals surface area (Å²) in [7, 11) is 0. The van der Waals surface area contributed by atoms with Crippen molar-refractivity contribution in [1.29, 1.82) is 0 Å². The van der Waals surface area contributed by atoms with Crippen LogP contribution in [0.5, 0.6) is 0 Å². The lowest BCUT2D eigenvalue weighted by atomic mass is 10.1. The highest BCUT2D eigenvalue weighted by Crippen LogP contribution is 2.21. The van der Waals surface area contributed by atoms with Crippen LogP contribution in [0.25, 0.3) is 0 Å². The summed E-state index contributed by atoms with van der Waals surface area (Å²) < 4.78 is 48.6. The number of halogens is 4. The van der Waals surface area contributed by atoms with E-state index < -0.39 is 42.7 Å². The lowest BCUT2D eigenvalue weighted by Gasteiger charge is -2.16. The molecule has 20 heavy (non-hydrogen) atoms. The number of amides is 2. The van der Waals surface area contributed by atoms with E-state index in [-0.39, 0.29) is 5.56 Å². The van der Waals surface area contributed by atoms with E-state index in [2.05, 4.69) is 5.32 Å². The van der Waals surface area contributed by atoms with Crippen LogP contribution in [0.4, 0.5) is 17.6 Å². The van der Waals surface area contributed by atoms with Crippen LogP contribution < -0.4 is 11.1 Å². The first kappa shape index (κ1) is 15.9. The number of hydrogen-bond acceptors (Lipinski definition) is 2. The molecular formula is C12H12F4N2O2. The molecule has 1 rings (SSSR count). The molecule has 8 heteroatoms. The van der Waals surface area contributed by atoms with Crippen LogP contribution in [0.15, 0.2) is 24.3 Å². The van der Waals surface area contributed by atoms with Crippen molar-refractivity contribution in [1.82, 2.24) is 5.32 Å². The number of nitrogens with one attached hydrogen (secondary N) is 1. The summed E-state index contributed by atoms with van der Waals surface area (Å²) in [6.45, 7) is 0. The average molecular weight is 292 g/mol. The Labute approximate surface area is 111 Å². The molecule has 0 heterocycles. The average Bonchev–Trinajstić information content (AvgIpc) is 2.33. The van der Waals surface area contributed by atoms with Gasteiger partial charge in [-0.1, -0.05) is 12.1 Å². The molecule has 2 amide bonds. The largest absolute Gasteiger partial charge is 0.389 e. The zero-order chi connectivity index (χ0) is 15.3. The molecule has 0 aliphatic carbocycles. The Morgan fingerprint density at radius 2 is 1.75 bits per heavy atom. The zero-order valence-corrected chi connectivity index (χ0v) is 10.2. The van der Waals surface area contributed by atoms with Gasteiger partial charge in [0.1, 0.15) is 11.9 Å². The Balaban J connectivity index is 2.71. The number of hydrogen-bond donors (Lipinski definition) is 2. The van der Waals surface area contributed by atoms with Crippen molar-refractivity contribution < 1.29 is 27.2 Å². The standard InChI is InChI=1S/C12H12F4N2O2/c13-8-3-1-7(2-4-8)10(11(17)20)18-9(19)5-6-12(14,15)16/h1-4,10H,5-6H2,(H2,17,20)(H,18,19)/t10-/m1/s1. The lowest BCUT2D eigenvalue weighted by molar-refractivity contribution is -0.144. The second kappa shape index (κ2) is 6.36. The summed E-state index contributed by atoms with van der Waals surface area (Å²) in [6, 6.07) is 3.24. The van der Waals surface area contributed by atoms with E-state index in [1.807, 2.05) is 0 Å². The van der Waals surface area contributed by atoms with Gasteiger partial charge in [-0.15, -0.1) is 0 Å². The van der Waals surface area contributed by atoms with Crippen molar-refractivity contribution >= 4 is 11.8 Å². The predicted molar refractivity (Wildman–Crippen MR) is 61.8 cm³/mol. The molecule has 110 valence electrons. The van der Waals surface area contributed by atoms with Gasteiger partial charge in [0.2, 0.25) is 11.8 Å². The molecular weight excluding hydrogens is 280 g/mol. The van der Waals surface area contributed by atoms with E-state index in [0.29, 0.717) is 0 Å². The number of rotatable bonds is 5. The number of nitrogens with two attached hydrogens (primary N) is 1. The third kappa shape index (κ3) is 5.25. The maximum absolute atomic E-state index is 12.7. The maximum atomic E-state index is 12.7. The normalized spacial score (nSPS) is 12.8. The van der Waals surface area contributed by atoms with E-state index in [1.165, 1.54) is 12.1 Å². The Hall–Kier alpha value is -2.12. The molecule has 0 spiro atoms. The Morgan fingerprint density at radius 1 is 1.20 bits per heavy atom. The van der Waals surface area contributed by atoms with Crippen LogP contribution in [0.1, 0.15) is 24.4 Å². The SMILES string of the molecule is NC(=O)[C@H](NC(=O)CCC(F)(F)F)c1ccc(F)cc1. The lowest BCUT2D eigenvalue weighted by Crippen LogP contribution is -2.37. The van der Waals surface area contributed by atoms with Gasteiger partial charge in [-0.3, -0.25) is 9.59 Å². The molecule has 1 aromatic carbocycles. The van der Waals surface area contributed by atoms with E-state index in [1.54, 1.807) is 0 Å². The summed E-state index contributed by atoms with van der Waals surface area (Å²) in [5.41, 5.74) is 5.26. The van der Waals surface area contributed by atoms with Gasteiger partial charge in [0.25, 0.3) is 0 Å². The van der Waals surface area contributed by atoms with Gasteiger partial charge >= 0.3 is 6.18 Å². The molecule has 0 saturated carbocycles. The van der Waals surface area contributed by atoms with Crippen molar-refractivity contribution in [2.45, 2.75) is 25.1 Å². The highest BCUT2D eigenvalue weighted by Gasteiger charge is 2.29. The van der Waals surface area contributed by atoms with Gasteiger partial charge < -0.3 is 11.1 Å². The van der Waals surface area contributed by atoms with Crippen molar-refractivity contribution in [3.05, 3.63) is 35.6 Å². The van der Waals surface area contributed by atoms with Gasteiger partial charge in [0.05, 0.1) is 6.42 Å². The second-order valence-corrected chi connectivity index (χ2v) is 4.07. The summed E-state index contributed by atoms with van der Waals surface area (Å²) in [5, 5.41) is 2.09. The van der Waals surface area contributed by atoms with Crippen LogP contribution in [-0.2, 0) is 9.59 Å². The first-order chi connectivity index (χ1) is 9.19. The van der Waals surface area contributed by atoms with Gasteiger partial charge in [-0.05, 0) is 17.7 Å². The van der Waals surface area contributed by atoms with Crippen molar-refractivity contribution in [2.24, 2.45) is 5.73 Å². The summed E-state index contributed by atoms with van der Waals surface area (Å²) in [4.78, 5) is 22.6. The molecule has 0 radical (unpaired) electrons. The highest BCUT2D eigenvalue weighted by atomic mass is 19.4. The molecule has 0 aliphatic heterocycles. The van der Waals surface area contributed by atoms with Crippen LogP contribution >= 0.6 is 0 Å². The number of carbonyl (C=O) groups excluding carboxylic acids is 2. The minimum absolute atomic E-state index is 0.194. The molecule has 0 saturated heterocycles. The number of alkyl halides is 3. The van der Waals surface area contributed by atoms with Gasteiger partial charge in [-0.25, -0.2) is 4.39 Å². The number of primary amides is 1. The van der Waals surface area contributed by atoms with E-state index in [9.17, 15) is 27.2 Å². The fourth-order valence-electron chi connectivity index (χ4n) is 1.46. The Morgan fingerprint density at radius 3 is 2.20 bits per heavy atom. The smallest absolute Gasteiger partial charge is 0.368 e. The van der Waals surface area contributed by atoms with Crippen LogP contribution in [-0.4, -0.2) is 18.0 Å². The van der Waals surface area contributed by atoms with Crippen LogP contribution in [0.2, 0.25) is 0 Å². The minimum Gasteiger partial charge on any atom is -0.368 e. The van der Waals surface area contributed by atoms with Crippen LogP contribution in [0, 0.1) is 5.82 Å². The zero-order valence-electron chi connectivity index (χ0n) is 10.2. The molecule has 0 aromatic heterocycles. The first-order valence-electron chi connectivity index (χ1n) is 5.60. The minimum atomic E-state index is -4.46. The molecule has 1 atom stereocenters. The molecule has 0 fully saturated rings. The molecule has 0 unspecified atom stereocenters. The van der Waals surface area contributed by atoms with Crippen molar-refractivity contribution in [3.63, 3.8) is 0 Å². The van der Waals surface area contributed by atoms with E-state index in [0.717, 1.165) is 12.1 Å². The van der Waals surface area contributed by atoms with Gasteiger partial charge in [0.15, 0.2) is 0 Å². The van der Waals surface area contributed by atoms with Crippen LogP contribution in [0.3, 0.4) is 0 Å². The topological polar surface area (TPSA) is 72.2 Å². The summed E-state index contributed by atoms with van der Waals surface area (Å²) >= 11 is 0. The van der Waals surface area contributed by atoms with Crippen molar-refractivity contribution in [3.8, 4) is 0 Å². The Bertz CT molecular complexity index is 485. The summed E-state index contributed by atoms with van der Waals surface area (Å²) in [6.07, 6.45) is -6.57. The quantitative estimate of drug-likeness (QED) is 0.812. The molecule has 1 aromatic rings. The first-order valence-corrected chi connectivity index (χ1v) is 5.60. The third-order valence-corrected chi connectivity index (χ3v) is 2.43. The molecule has 3 N–H and O–H groups in total. The highest BCUT2D eigenvalue weighted by molar-refractivity contribution is 5.87. The molecule has 4 nitrogen and oxygen atoms in total. The number of carbonyl (C=O) groups is 2. The third-order valence-electron chi connectivity index (χ3n) is 2.43. The Kier molecular flexibility index (Phi) is 5.06. The van der Waals surface area contributed by atoms with E-state index in [4.69, 9.17) is 5.73 Å². The van der Waals surface area contributed by atoms with Crippen molar-refractivity contribution in [2.75, 3.05) is 0 Å². The fraction of sp³-hybridized carbons (Fsp3) is 0.333.